The van der Waals surface area contributed by atoms with Crippen LogP contribution in [0.25, 0.3) is 0 Å². The number of hydrogen-bond acceptors (Lipinski definition) is 4. The van der Waals surface area contributed by atoms with E-state index >= 15 is 0 Å². The van der Waals surface area contributed by atoms with Gasteiger partial charge in [0.05, 0.1) is 31.7 Å². The predicted molar refractivity (Wildman–Crippen MR) is 94.3 cm³/mol. The summed E-state index contributed by atoms with van der Waals surface area (Å²) in [5.74, 6) is -0.125. The molecule has 1 heterocycles. The van der Waals surface area contributed by atoms with E-state index in [0.717, 1.165) is 12.1 Å². The molecule has 0 amide bonds. The molecule has 150 valence electrons. The fourth-order valence-corrected chi connectivity index (χ4v) is 2.82. The second-order valence-corrected chi connectivity index (χ2v) is 6.28. The van der Waals surface area contributed by atoms with E-state index in [9.17, 15) is 18.0 Å². The van der Waals surface area contributed by atoms with Gasteiger partial charge in [-0.25, -0.2) is 0 Å². The maximum absolute atomic E-state index is 12.9. The predicted octanol–water partition coefficient (Wildman–Crippen LogP) is 2.46. The Hall–Kier alpha value is -2.29. The lowest BCUT2D eigenvalue weighted by Gasteiger charge is -2.35. The van der Waals surface area contributed by atoms with Gasteiger partial charge in [0, 0.05) is 20.1 Å². The minimum Gasteiger partial charge on any atom is -0.469 e. The maximum Gasteiger partial charge on any atom is 0.416 e. The third-order valence-corrected chi connectivity index (χ3v) is 4.33. The van der Waals surface area contributed by atoms with Crippen LogP contribution in [0, 0.1) is 5.92 Å². The van der Waals surface area contributed by atoms with Crippen molar-refractivity contribution < 1.29 is 27.4 Å². The van der Waals surface area contributed by atoms with Crippen LogP contribution in [-0.4, -0.2) is 57.2 Å². The summed E-state index contributed by atoms with van der Waals surface area (Å²) in [7, 11) is 2.94. The zero-order valence-corrected chi connectivity index (χ0v) is 15.5. The van der Waals surface area contributed by atoms with Crippen LogP contribution in [0.15, 0.2) is 29.3 Å². The van der Waals surface area contributed by atoms with Gasteiger partial charge in [-0.2, -0.15) is 13.2 Å². The Morgan fingerprint density at radius 1 is 1.48 bits per heavy atom. The Balaban J connectivity index is 2.05. The van der Waals surface area contributed by atoms with Gasteiger partial charge >= 0.3 is 12.1 Å². The number of nitrogens with one attached hydrogen (secondary N) is 1. The number of ether oxygens (including phenoxy) is 2. The molecule has 0 aromatic heterocycles. The molecule has 0 bridgehead atoms. The van der Waals surface area contributed by atoms with Crippen LogP contribution in [0.1, 0.15) is 24.2 Å². The molecule has 0 spiro atoms. The number of methoxy groups -OCH3 is 1. The highest BCUT2D eigenvalue weighted by Crippen LogP contribution is 2.32. The first-order chi connectivity index (χ1) is 12.8. The van der Waals surface area contributed by atoms with Crippen LogP contribution in [0.4, 0.5) is 13.2 Å². The molecule has 0 aliphatic carbocycles. The van der Waals surface area contributed by atoms with Crippen molar-refractivity contribution >= 4 is 11.9 Å². The second-order valence-electron chi connectivity index (χ2n) is 6.28. The Kier molecular flexibility index (Phi) is 7.06. The molecule has 9 heteroatoms. The van der Waals surface area contributed by atoms with Gasteiger partial charge in [-0.3, -0.25) is 9.79 Å². The lowest BCUT2D eigenvalue weighted by molar-refractivity contribution is -0.144. The average molecular weight is 387 g/mol. The molecular formula is C18H24F3N3O3. The van der Waals surface area contributed by atoms with Crippen molar-refractivity contribution in [2.75, 3.05) is 40.4 Å². The Morgan fingerprint density at radius 2 is 2.22 bits per heavy atom. The number of aliphatic imine (C=N–C) groups is 1. The zero-order chi connectivity index (χ0) is 20.0. The first-order valence-electron chi connectivity index (χ1n) is 8.58. The Labute approximate surface area is 156 Å². The number of hydrogen-bond donors (Lipinski definition) is 1. The number of carbonyl (C=O) groups excluding carboxylic acids is 1. The molecule has 1 aromatic carbocycles. The Bertz CT molecular complexity index is 679. The van der Waals surface area contributed by atoms with Crippen LogP contribution in [0.3, 0.4) is 0 Å². The van der Waals surface area contributed by atoms with Crippen molar-refractivity contribution in [1.29, 1.82) is 0 Å². The third-order valence-electron chi connectivity index (χ3n) is 4.33. The number of benzene rings is 1. The van der Waals surface area contributed by atoms with Gasteiger partial charge in [-0.15, -0.1) is 0 Å². The van der Waals surface area contributed by atoms with E-state index in [4.69, 9.17) is 9.47 Å². The van der Waals surface area contributed by atoms with Crippen molar-refractivity contribution in [2.24, 2.45) is 10.9 Å². The number of nitrogens with zero attached hydrogens (tertiary/aromatic N) is 2. The summed E-state index contributed by atoms with van der Waals surface area (Å²) in [6.07, 6.45) is -4.90. The summed E-state index contributed by atoms with van der Waals surface area (Å²) in [5.41, 5.74) is -0.233. The minimum atomic E-state index is -4.40. The first kappa shape index (κ1) is 21.0. The number of carbonyl (C=O) groups is 1. The smallest absolute Gasteiger partial charge is 0.416 e. The molecule has 0 saturated carbocycles. The number of rotatable bonds is 4. The molecule has 1 fully saturated rings. The minimum absolute atomic E-state index is 0.332. The largest absolute Gasteiger partial charge is 0.469 e. The lowest BCUT2D eigenvalue weighted by Crippen LogP contribution is -2.49. The zero-order valence-electron chi connectivity index (χ0n) is 15.5. The van der Waals surface area contributed by atoms with Crippen molar-refractivity contribution in [1.82, 2.24) is 10.2 Å². The molecule has 27 heavy (non-hydrogen) atoms. The normalized spacial score (nSPS) is 19.6. The van der Waals surface area contributed by atoms with Crippen molar-refractivity contribution in [3.05, 3.63) is 35.4 Å². The maximum atomic E-state index is 12.9. The van der Waals surface area contributed by atoms with E-state index < -0.39 is 17.8 Å². The van der Waals surface area contributed by atoms with E-state index in [1.54, 1.807) is 20.0 Å². The van der Waals surface area contributed by atoms with Crippen molar-refractivity contribution in [3.8, 4) is 0 Å². The fourth-order valence-electron chi connectivity index (χ4n) is 2.82. The van der Waals surface area contributed by atoms with Gasteiger partial charge in [-0.1, -0.05) is 19.1 Å². The molecule has 0 radical (unpaired) electrons. The highest BCUT2D eigenvalue weighted by molar-refractivity contribution is 5.81. The molecule has 1 N–H and O–H groups in total. The van der Waals surface area contributed by atoms with E-state index in [1.807, 2.05) is 4.90 Å². The van der Waals surface area contributed by atoms with Crippen molar-refractivity contribution in [2.45, 2.75) is 19.2 Å². The van der Waals surface area contributed by atoms with Crippen LogP contribution >= 0.6 is 0 Å². The van der Waals surface area contributed by atoms with Crippen LogP contribution in [-0.2, 0) is 20.4 Å². The van der Waals surface area contributed by atoms with Crippen LogP contribution < -0.4 is 5.32 Å². The molecule has 1 aliphatic heterocycles. The molecule has 2 rings (SSSR count). The topological polar surface area (TPSA) is 63.2 Å². The molecule has 2 unspecified atom stereocenters. The quantitative estimate of drug-likeness (QED) is 0.489. The molecule has 1 saturated heterocycles. The molecular weight excluding hydrogens is 363 g/mol. The third kappa shape index (κ3) is 5.59. The van der Waals surface area contributed by atoms with Gasteiger partial charge in [0.1, 0.15) is 6.10 Å². The molecule has 1 aliphatic rings. The van der Waals surface area contributed by atoms with Gasteiger partial charge in [0.15, 0.2) is 5.96 Å². The number of esters is 1. The lowest BCUT2D eigenvalue weighted by atomic mass is 10.0. The number of alkyl halides is 3. The summed E-state index contributed by atoms with van der Waals surface area (Å²) in [4.78, 5) is 17.6. The fraction of sp³-hybridized carbons (Fsp3) is 0.556. The van der Waals surface area contributed by atoms with Crippen molar-refractivity contribution in [3.63, 3.8) is 0 Å². The Morgan fingerprint density at radius 3 is 2.85 bits per heavy atom. The summed E-state index contributed by atoms with van der Waals surface area (Å²) in [5, 5.41) is 3.10. The van der Waals surface area contributed by atoms with E-state index in [2.05, 4.69) is 10.3 Å². The first-order valence-corrected chi connectivity index (χ1v) is 8.58. The summed E-state index contributed by atoms with van der Waals surface area (Å²) >= 11 is 0. The van der Waals surface area contributed by atoms with Gasteiger partial charge in [-0.05, 0) is 17.7 Å². The average Bonchev–Trinajstić information content (AvgIpc) is 2.67. The number of halogens is 3. The van der Waals surface area contributed by atoms with Gasteiger partial charge in [0.2, 0.25) is 0 Å². The standard InChI is InChI=1S/C18H24F3N3O3/c1-12(16(25)26-3)10-23-17(22-2)24-7-8-27-15(11-24)13-5-4-6-14(9-13)18(19,20)21/h4-6,9,12,15H,7-8,10-11H2,1-3H3,(H,22,23). The molecule has 2 atom stereocenters. The second kappa shape index (κ2) is 9.07. The van der Waals surface area contributed by atoms with E-state index in [0.29, 0.717) is 37.8 Å². The summed E-state index contributed by atoms with van der Waals surface area (Å²) in [6.45, 7) is 3.32. The monoisotopic (exact) mass is 387 g/mol. The SMILES string of the molecule is CN=C(NCC(C)C(=O)OC)N1CCOC(c2cccc(C(F)(F)F)c2)C1. The number of guanidine groups is 1. The summed E-state index contributed by atoms with van der Waals surface area (Å²) < 4.78 is 49.2. The highest BCUT2D eigenvalue weighted by atomic mass is 19.4. The highest BCUT2D eigenvalue weighted by Gasteiger charge is 2.32. The van der Waals surface area contributed by atoms with E-state index in [-0.39, 0.29) is 11.9 Å². The van der Waals surface area contributed by atoms with Crippen LogP contribution in [0.5, 0.6) is 0 Å². The van der Waals surface area contributed by atoms with E-state index in [1.165, 1.54) is 13.2 Å². The summed E-state index contributed by atoms with van der Waals surface area (Å²) in [6, 6.07) is 5.16. The van der Waals surface area contributed by atoms with Crippen LogP contribution in [0.2, 0.25) is 0 Å². The molecule has 1 aromatic rings. The molecule has 6 nitrogen and oxygen atoms in total. The van der Waals surface area contributed by atoms with Gasteiger partial charge < -0.3 is 19.7 Å². The number of morpholine rings is 1. The van der Waals surface area contributed by atoms with Gasteiger partial charge in [0.25, 0.3) is 0 Å².